The van der Waals surface area contributed by atoms with Gasteiger partial charge >= 0.3 is 0 Å². The molecule has 0 atom stereocenters. The first-order chi connectivity index (χ1) is 6.06. The molecule has 0 saturated heterocycles. The molecule has 0 fully saturated rings. The highest BCUT2D eigenvalue weighted by Crippen LogP contribution is 2.23. The van der Waals surface area contributed by atoms with Crippen molar-refractivity contribution in [2.24, 2.45) is 0 Å². The van der Waals surface area contributed by atoms with Crippen molar-refractivity contribution in [3.05, 3.63) is 31.9 Å². The van der Waals surface area contributed by atoms with Crippen LogP contribution in [0.2, 0.25) is 5.02 Å². The highest BCUT2D eigenvalue weighted by Gasteiger charge is 2.11. The Bertz CT molecular complexity index is 350. The summed E-state index contributed by atoms with van der Waals surface area (Å²) >= 11 is 13.5. The van der Waals surface area contributed by atoms with Crippen LogP contribution >= 0.6 is 45.8 Å². The molecule has 0 spiro atoms. The minimum atomic E-state index is -0.0837. The van der Waals surface area contributed by atoms with Crippen molar-refractivity contribution in [1.29, 1.82) is 0 Å². The van der Waals surface area contributed by atoms with Crippen LogP contribution in [0.3, 0.4) is 0 Å². The monoisotopic (exact) mass is 328 g/mol. The summed E-state index contributed by atoms with van der Waals surface area (Å²) in [5.74, 6) is -0.0864. The molecule has 0 aliphatic rings. The van der Waals surface area contributed by atoms with Gasteiger partial charge < -0.3 is 0 Å². The molecule has 0 bridgehead atoms. The lowest BCUT2D eigenvalue weighted by Gasteiger charge is -2.05. The van der Waals surface area contributed by atoms with Crippen molar-refractivity contribution >= 4 is 51.6 Å². The first kappa shape index (κ1) is 11.3. The minimum absolute atomic E-state index is 0.00272. The average molecular weight is 329 g/mol. The molecule has 1 nitrogen and oxygen atoms in total. The number of Topliss-reactive ketones (excluding diaryl/α,β-unsaturated/α-hetero) is 1. The maximum Gasteiger partial charge on any atom is 0.177 e. The molecule has 0 aromatic heterocycles. The lowest BCUT2D eigenvalue weighted by molar-refractivity contribution is 0.102. The molecular formula is C9H7Cl2IO. The highest BCUT2D eigenvalue weighted by molar-refractivity contribution is 14.1. The topological polar surface area (TPSA) is 17.1 Å². The molecule has 0 unspecified atom stereocenters. The molecule has 4 heteroatoms. The first-order valence-corrected chi connectivity index (χ1v) is 5.60. The van der Waals surface area contributed by atoms with Gasteiger partial charge in [-0.15, -0.1) is 11.6 Å². The number of hydrogen-bond donors (Lipinski definition) is 0. The molecule has 0 aliphatic carbocycles. The summed E-state index contributed by atoms with van der Waals surface area (Å²) < 4.78 is 0.946. The van der Waals surface area contributed by atoms with Crippen LogP contribution in [0.5, 0.6) is 0 Å². The number of carbonyl (C=O) groups is 1. The van der Waals surface area contributed by atoms with Gasteiger partial charge in [0.2, 0.25) is 0 Å². The van der Waals surface area contributed by atoms with Crippen LogP contribution in [-0.4, -0.2) is 11.7 Å². The summed E-state index contributed by atoms with van der Waals surface area (Å²) in [4.78, 5) is 11.3. The van der Waals surface area contributed by atoms with E-state index in [9.17, 15) is 4.79 Å². The molecule has 0 saturated carbocycles. The van der Waals surface area contributed by atoms with E-state index in [-0.39, 0.29) is 11.7 Å². The average Bonchev–Trinajstić information content (AvgIpc) is 2.10. The van der Waals surface area contributed by atoms with Crippen LogP contribution in [0.1, 0.15) is 15.9 Å². The molecule has 0 N–H and O–H groups in total. The third kappa shape index (κ3) is 2.58. The van der Waals surface area contributed by atoms with E-state index in [1.807, 2.05) is 13.0 Å². The Morgan fingerprint density at radius 1 is 1.54 bits per heavy atom. The number of rotatable bonds is 2. The Morgan fingerprint density at radius 2 is 2.15 bits per heavy atom. The summed E-state index contributed by atoms with van der Waals surface area (Å²) in [6.07, 6.45) is 0. The number of carbonyl (C=O) groups excluding carboxylic acids is 1. The van der Waals surface area contributed by atoms with E-state index in [0.29, 0.717) is 10.6 Å². The van der Waals surface area contributed by atoms with Gasteiger partial charge in [-0.05, 0) is 47.2 Å². The van der Waals surface area contributed by atoms with Gasteiger partial charge in [0.05, 0.1) is 5.88 Å². The Hall–Kier alpha value is 0.200. The second kappa shape index (κ2) is 4.62. The molecular weight excluding hydrogens is 322 g/mol. The van der Waals surface area contributed by atoms with Crippen LogP contribution in [-0.2, 0) is 0 Å². The Labute approximate surface area is 101 Å². The SMILES string of the molecule is Cc1c(Cl)cc(I)cc1C(=O)CCl. The van der Waals surface area contributed by atoms with Gasteiger partial charge in [0.25, 0.3) is 0 Å². The van der Waals surface area contributed by atoms with Crippen molar-refractivity contribution in [3.63, 3.8) is 0 Å². The Morgan fingerprint density at radius 3 is 2.69 bits per heavy atom. The second-order valence-electron chi connectivity index (χ2n) is 2.62. The predicted molar refractivity (Wildman–Crippen MR) is 64.0 cm³/mol. The molecule has 0 aliphatic heterocycles. The summed E-state index contributed by atoms with van der Waals surface area (Å²) in [7, 11) is 0. The van der Waals surface area contributed by atoms with Crippen molar-refractivity contribution in [2.45, 2.75) is 6.92 Å². The zero-order valence-corrected chi connectivity index (χ0v) is 10.6. The van der Waals surface area contributed by atoms with Gasteiger partial charge in [0.1, 0.15) is 0 Å². The van der Waals surface area contributed by atoms with E-state index in [1.54, 1.807) is 6.07 Å². The fraction of sp³-hybridized carbons (Fsp3) is 0.222. The summed E-state index contributed by atoms with van der Waals surface area (Å²) in [5.41, 5.74) is 1.42. The van der Waals surface area contributed by atoms with E-state index in [4.69, 9.17) is 23.2 Å². The number of alkyl halides is 1. The first-order valence-electron chi connectivity index (χ1n) is 3.61. The summed E-state index contributed by atoms with van der Waals surface area (Å²) in [5, 5.41) is 0.611. The zero-order valence-electron chi connectivity index (χ0n) is 6.90. The van der Waals surface area contributed by atoms with Crippen LogP contribution in [0.4, 0.5) is 0 Å². The normalized spacial score (nSPS) is 10.2. The van der Waals surface area contributed by atoms with E-state index in [0.717, 1.165) is 9.13 Å². The third-order valence-corrected chi connectivity index (χ3v) is 2.99. The number of ketones is 1. The maximum atomic E-state index is 11.3. The smallest absolute Gasteiger partial charge is 0.177 e. The largest absolute Gasteiger partial charge is 0.293 e. The molecule has 0 heterocycles. The Kier molecular flexibility index (Phi) is 4.01. The van der Waals surface area contributed by atoms with Crippen LogP contribution < -0.4 is 0 Å². The van der Waals surface area contributed by atoms with Gasteiger partial charge in [-0.3, -0.25) is 4.79 Å². The molecule has 1 rings (SSSR count). The third-order valence-electron chi connectivity index (χ3n) is 1.73. The van der Waals surface area contributed by atoms with Gasteiger partial charge in [-0.25, -0.2) is 0 Å². The van der Waals surface area contributed by atoms with E-state index in [1.165, 1.54) is 0 Å². The van der Waals surface area contributed by atoms with Gasteiger partial charge in [-0.2, -0.15) is 0 Å². The van der Waals surface area contributed by atoms with Crippen molar-refractivity contribution in [1.82, 2.24) is 0 Å². The molecule has 1 aromatic rings. The zero-order chi connectivity index (χ0) is 10.0. The van der Waals surface area contributed by atoms with Crippen LogP contribution in [0.15, 0.2) is 12.1 Å². The maximum absolute atomic E-state index is 11.3. The number of halogens is 3. The van der Waals surface area contributed by atoms with Crippen molar-refractivity contribution < 1.29 is 4.79 Å². The lowest BCUT2D eigenvalue weighted by Crippen LogP contribution is -2.03. The van der Waals surface area contributed by atoms with E-state index >= 15 is 0 Å². The van der Waals surface area contributed by atoms with Gasteiger partial charge in [0.15, 0.2) is 5.78 Å². The molecule has 0 radical (unpaired) electrons. The number of benzene rings is 1. The number of hydrogen-bond acceptors (Lipinski definition) is 1. The standard InChI is InChI=1S/C9H7Cl2IO/c1-5-7(9(13)4-10)2-6(12)3-8(5)11/h2-3H,4H2,1H3. The minimum Gasteiger partial charge on any atom is -0.293 e. The van der Waals surface area contributed by atoms with Crippen molar-refractivity contribution in [3.8, 4) is 0 Å². The molecule has 0 amide bonds. The lowest BCUT2D eigenvalue weighted by atomic mass is 10.1. The molecule has 13 heavy (non-hydrogen) atoms. The van der Waals surface area contributed by atoms with Gasteiger partial charge in [-0.1, -0.05) is 11.6 Å². The predicted octanol–water partition coefficient (Wildman–Crippen LogP) is 3.67. The summed E-state index contributed by atoms with van der Waals surface area (Å²) in [6.45, 7) is 1.82. The van der Waals surface area contributed by atoms with Gasteiger partial charge in [0, 0.05) is 14.2 Å². The van der Waals surface area contributed by atoms with E-state index < -0.39 is 0 Å². The van der Waals surface area contributed by atoms with E-state index in [2.05, 4.69) is 22.6 Å². The fourth-order valence-electron chi connectivity index (χ4n) is 1.01. The van der Waals surface area contributed by atoms with Crippen LogP contribution in [0, 0.1) is 10.5 Å². The molecule has 1 aromatic carbocycles. The fourth-order valence-corrected chi connectivity index (χ4v) is 2.18. The van der Waals surface area contributed by atoms with Crippen LogP contribution in [0.25, 0.3) is 0 Å². The second-order valence-corrected chi connectivity index (χ2v) is 4.54. The highest BCUT2D eigenvalue weighted by atomic mass is 127. The quantitative estimate of drug-likeness (QED) is 0.460. The summed E-state index contributed by atoms with van der Waals surface area (Å²) in [6, 6.07) is 3.62. The molecule has 70 valence electrons. The van der Waals surface area contributed by atoms with Crippen molar-refractivity contribution in [2.75, 3.05) is 5.88 Å². The Balaban J connectivity index is 3.28.